The summed E-state index contributed by atoms with van der Waals surface area (Å²) < 4.78 is 54.1. The highest BCUT2D eigenvalue weighted by Gasteiger charge is 2.29. The molecular formula is C15H22BF3NO4-. The predicted octanol–water partition coefficient (Wildman–Crippen LogP) is 2.79. The Bertz CT molecular complexity index is 559. The van der Waals surface area contributed by atoms with Gasteiger partial charge in [0, 0.05) is 13.7 Å². The largest absolute Gasteiger partial charge is 0.513 e. The van der Waals surface area contributed by atoms with Crippen LogP contribution in [0.15, 0.2) is 18.2 Å². The Morgan fingerprint density at radius 1 is 1.25 bits per heavy atom. The predicted molar refractivity (Wildman–Crippen MR) is 85.6 cm³/mol. The highest BCUT2D eigenvalue weighted by molar-refractivity contribution is 6.74. The van der Waals surface area contributed by atoms with Gasteiger partial charge in [0.15, 0.2) is 6.79 Å². The van der Waals surface area contributed by atoms with Crippen molar-refractivity contribution in [2.75, 3.05) is 20.4 Å². The highest BCUT2D eigenvalue weighted by Crippen LogP contribution is 2.19. The third kappa shape index (κ3) is 7.12. The zero-order valence-electron chi connectivity index (χ0n) is 14.2. The van der Waals surface area contributed by atoms with Crippen LogP contribution in [0.5, 0.6) is 5.75 Å². The number of methoxy groups -OCH3 is 1. The molecule has 1 aromatic rings. The van der Waals surface area contributed by atoms with Crippen molar-refractivity contribution in [1.29, 1.82) is 0 Å². The molecule has 1 aromatic carbocycles. The van der Waals surface area contributed by atoms with E-state index in [-0.39, 0.29) is 25.5 Å². The topological polar surface area (TPSA) is 56.8 Å². The monoisotopic (exact) mass is 348 g/mol. The molecule has 0 aliphatic heterocycles. The van der Waals surface area contributed by atoms with E-state index in [1.807, 2.05) is 0 Å². The van der Waals surface area contributed by atoms with Gasteiger partial charge >= 0.3 is 13.1 Å². The first-order chi connectivity index (χ1) is 11.0. The van der Waals surface area contributed by atoms with Gasteiger partial charge < -0.3 is 32.5 Å². The quantitative estimate of drug-likeness (QED) is 0.608. The van der Waals surface area contributed by atoms with Crippen LogP contribution in [0.1, 0.15) is 26.3 Å². The van der Waals surface area contributed by atoms with Crippen molar-refractivity contribution < 1.29 is 32.0 Å². The Balaban J connectivity index is 2.71. The number of amides is 1. The number of alkyl carbamates (subject to hydrolysis) is 1. The number of rotatable bonds is 7. The summed E-state index contributed by atoms with van der Waals surface area (Å²) in [5, 5.41) is 2.51. The summed E-state index contributed by atoms with van der Waals surface area (Å²) in [6.07, 6.45) is -0.369. The molecule has 9 heteroatoms. The average molecular weight is 348 g/mol. The van der Waals surface area contributed by atoms with E-state index in [9.17, 15) is 17.7 Å². The van der Waals surface area contributed by atoms with Crippen molar-refractivity contribution in [3.05, 3.63) is 23.8 Å². The van der Waals surface area contributed by atoms with Gasteiger partial charge in [-0.3, -0.25) is 0 Å². The highest BCUT2D eigenvalue weighted by atomic mass is 19.4. The van der Waals surface area contributed by atoms with Crippen LogP contribution < -0.4 is 15.5 Å². The SMILES string of the molecule is COCOc1ccc(CCNC(=O)OC(C)(C)C)cc1[B-](F)(F)F. The number of benzene rings is 1. The molecule has 0 spiro atoms. The third-order valence-corrected chi connectivity index (χ3v) is 2.84. The maximum atomic E-state index is 13.1. The molecule has 0 fully saturated rings. The number of carbonyl (C=O) groups is 1. The summed E-state index contributed by atoms with van der Waals surface area (Å²) in [5.41, 5.74) is -1.01. The van der Waals surface area contributed by atoms with E-state index in [4.69, 9.17) is 9.47 Å². The second-order valence-electron chi connectivity index (χ2n) is 6.18. The minimum absolute atomic E-state index is 0.164. The third-order valence-electron chi connectivity index (χ3n) is 2.84. The minimum atomic E-state index is -5.22. The number of carbonyl (C=O) groups excluding carboxylic acids is 1. The Kier molecular flexibility index (Phi) is 6.95. The summed E-state index contributed by atoms with van der Waals surface area (Å²) in [5.74, 6) is -0.270. The van der Waals surface area contributed by atoms with Crippen molar-refractivity contribution in [3.63, 3.8) is 0 Å². The first-order valence-corrected chi connectivity index (χ1v) is 7.44. The van der Waals surface area contributed by atoms with Crippen LogP contribution in [0, 0.1) is 0 Å². The van der Waals surface area contributed by atoms with Crippen LogP contribution in [-0.2, 0) is 15.9 Å². The van der Waals surface area contributed by atoms with Gasteiger partial charge in [0.1, 0.15) is 5.60 Å². The van der Waals surface area contributed by atoms with Gasteiger partial charge in [-0.15, -0.1) is 0 Å². The van der Waals surface area contributed by atoms with Crippen molar-refractivity contribution in [1.82, 2.24) is 5.32 Å². The van der Waals surface area contributed by atoms with Gasteiger partial charge in [-0.2, -0.15) is 0 Å². The molecule has 0 radical (unpaired) electrons. The number of ether oxygens (including phenoxy) is 3. The van der Waals surface area contributed by atoms with E-state index in [0.29, 0.717) is 5.56 Å². The minimum Gasteiger partial charge on any atom is -0.471 e. The van der Waals surface area contributed by atoms with Crippen LogP contribution >= 0.6 is 0 Å². The first kappa shape index (κ1) is 20.2. The lowest BCUT2D eigenvalue weighted by atomic mass is 9.78. The van der Waals surface area contributed by atoms with E-state index in [0.717, 1.165) is 6.07 Å². The molecule has 0 heterocycles. The van der Waals surface area contributed by atoms with Crippen LogP contribution in [0.25, 0.3) is 0 Å². The fraction of sp³-hybridized carbons (Fsp3) is 0.533. The van der Waals surface area contributed by atoms with E-state index >= 15 is 0 Å². The maximum absolute atomic E-state index is 13.1. The second kappa shape index (κ2) is 8.28. The molecule has 0 aromatic heterocycles. The Morgan fingerprint density at radius 2 is 1.92 bits per heavy atom. The summed E-state index contributed by atoms with van der Waals surface area (Å²) in [6, 6.07) is 3.81. The van der Waals surface area contributed by atoms with Gasteiger partial charge in [0.25, 0.3) is 0 Å². The number of halogens is 3. The molecule has 0 saturated carbocycles. The Hall–Kier alpha value is -1.90. The second-order valence-corrected chi connectivity index (χ2v) is 6.18. The van der Waals surface area contributed by atoms with Gasteiger partial charge in [0.05, 0.1) is 5.75 Å². The lowest BCUT2D eigenvalue weighted by Crippen LogP contribution is -2.36. The maximum Gasteiger partial charge on any atom is 0.513 e. The number of hydrogen-bond donors (Lipinski definition) is 1. The van der Waals surface area contributed by atoms with Crippen molar-refractivity contribution in [2.24, 2.45) is 0 Å². The molecule has 0 saturated heterocycles. The van der Waals surface area contributed by atoms with Gasteiger partial charge in [-0.25, -0.2) is 4.79 Å². The molecule has 0 aliphatic rings. The van der Waals surface area contributed by atoms with E-state index in [1.54, 1.807) is 20.8 Å². The summed E-state index contributed by atoms with van der Waals surface area (Å²) in [4.78, 5) is 11.5. The van der Waals surface area contributed by atoms with Crippen molar-refractivity contribution in [3.8, 4) is 5.75 Å². The van der Waals surface area contributed by atoms with Gasteiger partial charge in [-0.1, -0.05) is 17.6 Å². The summed E-state index contributed by atoms with van der Waals surface area (Å²) in [7, 11) is 1.33. The van der Waals surface area contributed by atoms with E-state index in [1.165, 1.54) is 19.2 Å². The van der Waals surface area contributed by atoms with Crippen LogP contribution in [-0.4, -0.2) is 39.1 Å². The first-order valence-electron chi connectivity index (χ1n) is 7.44. The van der Waals surface area contributed by atoms with E-state index in [2.05, 4.69) is 10.1 Å². The Labute approximate surface area is 139 Å². The molecule has 5 nitrogen and oxygen atoms in total. The molecule has 0 aliphatic carbocycles. The summed E-state index contributed by atoms with van der Waals surface area (Å²) in [6.45, 7) is -0.145. The zero-order chi connectivity index (χ0) is 18.4. The summed E-state index contributed by atoms with van der Waals surface area (Å²) >= 11 is 0. The zero-order valence-corrected chi connectivity index (χ0v) is 14.2. The molecule has 1 amide bonds. The number of hydrogen-bond acceptors (Lipinski definition) is 4. The van der Waals surface area contributed by atoms with Gasteiger partial charge in [0.2, 0.25) is 0 Å². The molecule has 136 valence electrons. The van der Waals surface area contributed by atoms with Crippen LogP contribution in [0.3, 0.4) is 0 Å². The average Bonchev–Trinajstić information content (AvgIpc) is 2.42. The van der Waals surface area contributed by atoms with Crippen LogP contribution in [0.2, 0.25) is 0 Å². The molecule has 0 atom stereocenters. The standard InChI is InChI=1S/C15H22BF3NO4/c1-15(2,3)24-14(21)20-8-7-11-5-6-13(23-10-22-4)12(9-11)16(17,18)19/h5-6,9H,7-8,10H2,1-4H3,(H,20,21)/q-1. The van der Waals surface area contributed by atoms with E-state index < -0.39 is 24.1 Å². The number of nitrogens with one attached hydrogen (secondary N) is 1. The van der Waals surface area contributed by atoms with Crippen LogP contribution in [0.4, 0.5) is 17.7 Å². The molecule has 1 rings (SSSR count). The fourth-order valence-electron chi connectivity index (χ4n) is 1.89. The van der Waals surface area contributed by atoms with Crippen molar-refractivity contribution >= 4 is 18.5 Å². The molecular weight excluding hydrogens is 326 g/mol. The van der Waals surface area contributed by atoms with Gasteiger partial charge in [-0.05, 0) is 38.8 Å². The molecule has 1 N–H and O–H groups in total. The Morgan fingerprint density at radius 3 is 2.46 bits per heavy atom. The lowest BCUT2D eigenvalue weighted by molar-refractivity contribution is 0.0514. The molecule has 0 bridgehead atoms. The fourth-order valence-corrected chi connectivity index (χ4v) is 1.89. The molecule has 0 unspecified atom stereocenters. The molecule has 24 heavy (non-hydrogen) atoms. The smallest absolute Gasteiger partial charge is 0.471 e. The normalized spacial score (nSPS) is 12.0. The van der Waals surface area contributed by atoms with Crippen molar-refractivity contribution in [2.45, 2.75) is 32.8 Å². The lowest BCUT2D eigenvalue weighted by Gasteiger charge is -2.21.